The lowest BCUT2D eigenvalue weighted by Gasteiger charge is -2.13. The summed E-state index contributed by atoms with van der Waals surface area (Å²) < 4.78 is 12.9. The molecule has 0 heterocycles. The average molecular weight is 208 g/mol. The van der Waals surface area contributed by atoms with Gasteiger partial charge in [-0.25, -0.2) is 4.39 Å². The Morgan fingerprint density at radius 2 is 2.20 bits per heavy atom. The van der Waals surface area contributed by atoms with E-state index < -0.39 is 0 Å². The van der Waals surface area contributed by atoms with Crippen molar-refractivity contribution in [3.8, 4) is 0 Å². The fourth-order valence-corrected chi connectivity index (χ4v) is 2.40. The van der Waals surface area contributed by atoms with Crippen molar-refractivity contribution in [2.45, 2.75) is 38.2 Å². The number of halogens is 1. The maximum Gasteiger partial charge on any atom is 0.123 e. The van der Waals surface area contributed by atoms with Crippen LogP contribution in [0.1, 0.15) is 31.2 Å². The summed E-state index contributed by atoms with van der Waals surface area (Å²) in [6, 6.07) is 6.75. The van der Waals surface area contributed by atoms with Gasteiger partial charge in [-0.15, -0.1) is 0 Å². The lowest BCUT2D eigenvalue weighted by Crippen LogP contribution is -2.13. The van der Waals surface area contributed by atoms with Gasteiger partial charge in [0.1, 0.15) is 5.82 Å². The van der Waals surface area contributed by atoms with Crippen molar-refractivity contribution in [1.29, 1.82) is 0 Å². The van der Waals surface area contributed by atoms with Gasteiger partial charge in [0.15, 0.2) is 0 Å². The Morgan fingerprint density at radius 1 is 1.33 bits per heavy atom. The molecule has 0 aromatic heterocycles. The third kappa shape index (κ3) is 2.78. The Morgan fingerprint density at radius 3 is 2.87 bits per heavy atom. The van der Waals surface area contributed by atoms with E-state index >= 15 is 0 Å². The smallest absolute Gasteiger partial charge is 0.123 e. The summed E-state index contributed by atoms with van der Waals surface area (Å²) >= 11 is 0. The average Bonchev–Trinajstić information content (AvgIpc) is 2.61. The van der Waals surface area contributed by atoms with Gasteiger partial charge in [0, 0.05) is 0 Å². The molecule has 1 aromatic carbocycles. The molecule has 2 atom stereocenters. The van der Waals surface area contributed by atoms with Gasteiger partial charge in [-0.1, -0.05) is 18.6 Å². The highest BCUT2D eigenvalue weighted by atomic mass is 19.1. The summed E-state index contributed by atoms with van der Waals surface area (Å²) in [5.74, 6) is 0.257. The van der Waals surface area contributed by atoms with E-state index in [1.54, 1.807) is 12.1 Å². The van der Waals surface area contributed by atoms with Gasteiger partial charge >= 0.3 is 0 Å². The van der Waals surface area contributed by atoms with Gasteiger partial charge in [0.2, 0.25) is 0 Å². The van der Waals surface area contributed by atoms with Gasteiger partial charge in [-0.2, -0.15) is 0 Å². The maximum atomic E-state index is 12.9. The largest absolute Gasteiger partial charge is 0.393 e. The SMILES string of the molecule is OC1CCCC1CCc1cccc(F)c1. The Hall–Kier alpha value is -0.890. The molecule has 2 heteroatoms. The molecule has 2 rings (SSSR count). The number of aliphatic hydroxyl groups excluding tert-OH is 1. The molecule has 1 saturated carbocycles. The third-order valence-corrected chi connectivity index (χ3v) is 3.31. The molecule has 2 unspecified atom stereocenters. The lowest BCUT2D eigenvalue weighted by atomic mass is 9.96. The zero-order chi connectivity index (χ0) is 10.7. The van der Waals surface area contributed by atoms with Crippen LogP contribution in [0.3, 0.4) is 0 Å². The van der Waals surface area contributed by atoms with E-state index in [0.717, 1.165) is 37.7 Å². The molecule has 0 amide bonds. The third-order valence-electron chi connectivity index (χ3n) is 3.31. The van der Waals surface area contributed by atoms with Crippen LogP contribution in [-0.4, -0.2) is 11.2 Å². The van der Waals surface area contributed by atoms with Crippen molar-refractivity contribution in [1.82, 2.24) is 0 Å². The predicted octanol–water partition coefficient (Wildman–Crippen LogP) is 2.92. The second-order valence-corrected chi connectivity index (χ2v) is 4.43. The Labute approximate surface area is 89.9 Å². The topological polar surface area (TPSA) is 20.2 Å². The van der Waals surface area contributed by atoms with Crippen LogP contribution in [0.4, 0.5) is 4.39 Å². The minimum Gasteiger partial charge on any atom is -0.393 e. The fourth-order valence-electron chi connectivity index (χ4n) is 2.40. The van der Waals surface area contributed by atoms with Crippen molar-refractivity contribution in [2.24, 2.45) is 5.92 Å². The number of rotatable bonds is 3. The van der Waals surface area contributed by atoms with Crippen molar-refractivity contribution < 1.29 is 9.50 Å². The molecule has 1 N–H and O–H groups in total. The highest BCUT2D eigenvalue weighted by Crippen LogP contribution is 2.29. The van der Waals surface area contributed by atoms with Crippen LogP contribution in [0.5, 0.6) is 0 Å². The molecule has 0 bridgehead atoms. The van der Waals surface area contributed by atoms with Gasteiger partial charge < -0.3 is 5.11 Å². The first kappa shape index (κ1) is 10.6. The minimum atomic E-state index is -0.167. The van der Waals surface area contributed by atoms with Crippen molar-refractivity contribution in [3.05, 3.63) is 35.6 Å². The Balaban J connectivity index is 1.87. The van der Waals surface area contributed by atoms with Crippen molar-refractivity contribution >= 4 is 0 Å². The van der Waals surface area contributed by atoms with Gasteiger partial charge in [0.25, 0.3) is 0 Å². The van der Waals surface area contributed by atoms with Gasteiger partial charge in [-0.05, 0) is 49.3 Å². The number of aliphatic hydroxyl groups is 1. The molecule has 0 spiro atoms. The van der Waals surface area contributed by atoms with E-state index in [0.29, 0.717) is 5.92 Å². The van der Waals surface area contributed by atoms with Crippen LogP contribution in [-0.2, 0) is 6.42 Å². The Kier molecular flexibility index (Phi) is 3.37. The molecule has 1 fully saturated rings. The molecule has 1 nitrogen and oxygen atoms in total. The van der Waals surface area contributed by atoms with Crippen LogP contribution in [0.25, 0.3) is 0 Å². The number of hydrogen-bond acceptors (Lipinski definition) is 1. The van der Waals surface area contributed by atoms with Crippen LogP contribution in [0.15, 0.2) is 24.3 Å². The molecule has 1 aliphatic carbocycles. The molecule has 15 heavy (non-hydrogen) atoms. The second kappa shape index (κ2) is 4.75. The molecule has 0 radical (unpaired) electrons. The summed E-state index contributed by atoms with van der Waals surface area (Å²) in [6.45, 7) is 0. The number of hydrogen-bond donors (Lipinski definition) is 1. The standard InChI is InChI=1S/C13H17FO/c14-12-5-1-3-10(9-12)7-8-11-4-2-6-13(11)15/h1,3,5,9,11,13,15H,2,4,6-8H2. The molecular formula is C13H17FO. The summed E-state index contributed by atoms with van der Waals surface area (Å²) in [4.78, 5) is 0. The van der Waals surface area contributed by atoms with Crippen LogP contribution < -0.4 is 0 Å². The number of aryl methyl sites for hydroxylation is 1. The predicted molar refractivity (Wildman–Crippen MR) is 58.1 cm³/mol. The van der Waals surface area contributed by atoms with E-state index in [4.69, 9.17) is 0 Å². The fraction of sp³-hybridized carbons (Fsp3) is 0.538. The number of benzene rings is 1. The maximum absolute atomic E-state index is 12.9. The first-order valence-corrected chi connectivity index (χ1v) is 5.68. The van der Waals surface area contributed by atoms with E-state index in [1.165, 1.54) is 6.07 Å². The molecule has 1 aliphatic rings. The molecule has 1 aromatic rings. The second-order valence-electron chi connectivity index (χ2n) is 4.43. The first-order chi connectivity index (χ1) is 7.25. The quantitative estimate of drug-likeness (QED) is 0.809. The molecular weight excluding hydrogens is 191 g/mol. The van der Waals surface area contributed by atoms with E-state index in [9.17, 15) is 9.50 Å². The first-order valence-electron chi connectivity index (χ1n) is 5.68. The lowest BCUT2D eigenvalue weighted by molar-refractivity contribution is 0.128. The van der Waals surface area contributed by atoms with E-state index in [-0.39, 0.29) is 11.9 Å². The molecule has 0 saturated heterocycles. The molecule has 0 aliphatic heterocycles. The Bertz CT molecular complexity index is 324. The van der Waals surface area contributed by atoms with Crippen LogP contribution in [0, 0.1) is 11.7 Å². The zero-order valence-corrected chi connectivity index (χ0v) is 8.82. The zero-order valence-electron chi connectivity index (χ0n) is 8.82. The molecule has 82 valence electrons. The summed E-state index contributed by atoms with van der Waals surface area (Å²) in [7, 11) is 0. The van der Waals surface area contributed by atoms with Crippen molar-refractivity contribution in [2.75, 3.05) is 0 Å². The van der Waals surface area contributed by atoms with Gasteiger partial charge in [-0.3, -0.25) is 0 Å². The minimum absolute atomic E-state index is 0.126. The van der Waals surface area contributed by atoms with Crippen molar-refractivity contribution in [3.63, 3.8) is 0 Å². The summed E-state index contributed by atoms with van der Waals surface area (Å²) in [5.41, 5.74) is 1.04. The van der Waals surface area contributed by atoms with Gasteiger partial charge in [0.05, 0.1) is 6.10 Å². The highest BCUT2D eigenvalue weighted by molar-refractivity contribution is 5.16. The van der Waals surface area contributed by atoms with E-state index in [1.807, 2.05) is 6.07 Å². The van der Waals surface area contributed by atoms with E-state index in [2.05, 4.69) is 0 Å². The highest BCUT2D eigenvalue weighted by Gasteiger charge is 2.24. The van der Waals surface area contributed by atoms with Crippen LogP contribution >= 0.6 is 0 Å². The summed E-state index contributed by atoms with van der Waals surface area (Å²) in [5, 5.41) is 9.65. The normalized spacial score (nSPS) is 25.7. The monoisotopic (exact) mass is 208 g/mol. The van der Waals surface area contributed by atoms with Crippen LogP contribution in [0.2, 0.25) is 0 Å². The summed E-state index contributed by atoms with van der Waals surface area (Å²) in [6.07, 6.45) is 4.92.